The highest BCUT2D eigenvalue weighted by Crippen LogP contribution is 2.42. The second kappa shape index (κ2) is 8.53. The summed E-state index contributed by atoms with van der Waals surface area (Å²) in [6, 6.07) is 2.41. The van der Waals surface area contributed by atoms with Gasteiger partial charge in [-0.25, -0.2) is 13.2 Å². The molecule has 2 aliphatic rings. The average Bonchev–Trinajstić information content (AvgIpc) is 3.28. The Balaban J connectivity index is 1.81. The van der Waals surface area contributed by atoms with Crippen LogP contribution >= 0.6 is 11.6 Å². The summed E-state index contributed by atoms with van der Waals surface area (Å²) in [5.41, 5.74) is 1.10. The largest absolute Gasteiger partial charge is 0.504 e. The molecule has 0 aromatic heterocycles. The van der Waals surface area contributed by atoms with Crippen molar-refractivity contribution in [1.82, 2.24) is 10.2 Å². The minimum absolute atomic E-state index is 0.0206. The van der Waals surface area contributed by atoms with Gasteiger partial charge in [0, 0.05) is 6.04 Å². The zero-order valence-electron chi connectivity index (χ0n) is 16.9. The zero-order valence-corrected chi connectivity index (χ0v) is 18.5. The Morgan fingerprint density at radius 3 is 2.55 bits per heavy atom. The Morgan fingerprint density at radius 2 is 1.97 bits per heavy atom. The Kier molecular flexibility index (Phi) is 6.45. The summed E-state index contributed by atoms with van der Waals surface area (Å²) in [4.78, 5) is 14.0. The zero-order chi connectivity index (χ0) is 21.3. The van der Waals surface area contributed by atoms with Crippen molar-refractivity contribution in [1.29, 1.82) is 0 Å². The van der Waals surface area contributed by atoms with E-state index >= 15 is 0 Å². The fraction of sp³-hybridized carbons (Fsp3) is 0.550. The molecule has 0 aliphatic heterocycles. The van der Waals surface area contributed by atoms with Gasteiger partial charge >= 0.3 is 6.03 Å². The third-order valence-electron chi connectivity index (χ3n) is 5.92. The molecule has 2 amide bonds. The van der Waals surface area contributed by atoms with Gasteiger partial charge in [0.1, 0.15) is 4.90 Å². The Hall–Kier alpha value is -1.77. The number of rotatable bonds is 5. The van der Waals surface area contributed by atoms with Crippen molar-refractivity contribution in [3.63, 3.8) is 0 Å². The quantitative estimate of drug-likeness (QED) is 0.479. The molecular formula is C20H28ClN3O4S. The molecular weight excluding hydrogens is 414 g/mol. The highest BCUT2D eigenvalue weighted by atomic mass is 35.5. The maximum Gasteiger partial charge on any atom is 0.319 e. The molecule has 0 spiro atoms. The lowest BCUT2D eigenvalue weighted by Crippen LogP contribution is -2.37. The average molecular weight is 442 g/mol. The van der Waals surface area contributed by atoms with E-state index < -0.39 is 26.9 Å². The van der Waals surface area contributed by atoms with E-state index in [1.54, 1.807) is 0 Å². The number of urea groups is 1. The van der Waals surface area contributed by atoms with Gasteiger partial charge in [-0.2, -0.15) is 0 Å². The molecule has 3 N–H and O–H groups in total. The molecule has 29 heavy (non-hydrogen) atoms. The molecule has 1 saturated carbocycles. The van der Waals surface area contributed by atoms with Crippen LogP contribution in [0.1, 0.15) is 39.0 Å². The van der Waals surface area contributed by atoms with Crippen LogP contribution in [0, 0.1) is 0 Å². The van der Waals surface area contributed by atoms with Crippen LogP contribution in [0.2, 0.25) is 5.02 Å². The number of aromatic hydroxyl groups is 1. The molecule has 1 aromatic rings. The minimum atomic E-state index is -3.85. The minimum Gasteiger partial charge on any atom is -0.504 e. The van der Waals surface area contributed by atoms with Crippen molar-refractivity contribution in [3.8, 4) is 5.75 Å². The molecule has 0 saturated heterocycles. The fourth-order valence-electron chi connectivity index (χ4n) is 4.10. The number of benzene rings is 1. The molecule has 0 bridgehead atoms. The van der Waals surface area contributed by atoms with Gasteiger partial charge < -0.3 is 20.6 Å². The van der Waals surface area contributed by atoms with Crippen molar-refractivity contribution in [2.45, 2.75) is 61.3 Å². The number of anilines is 1. The molecule has 2 aliphatic carbocycles. The van der Waals surface area contributed by atoms with E-state index in [0.717, 1.165) is 24.8 Å². The first-order valence-electron chi connectivity index (χ1n) is 9.77. The van der Waals surface area contributed by atoms with Crippen molar-refractivity contribution in [2.75, 3.05) is 19.4 Å². The molecule has 0 heterocycles. The molecule has 3 atom stereocenters. The van der Waals surface area contributed by atoms with Gasteiger partial charge in [0.2, 0.25) is 0 Å². The number of hydrogen-bond acceptors (Lipinski definition) is 5. The van der Waals surface area contributed by atoms with E-state index in [1.807, 2.05) is 25.9 Å². The molecule has 1 aromatic carbocycles. The van der Waals surface area contributed by atoms with Crippen molar-refractivity contribution >= 4 is 33.2 Å². The summed E-state index contributed by atoms with van der Waals surface area (Å²) in [6.45, 7) is 1.95. The smallest absolute Gasteiger partial charge is 0.319 e. The van der Waals surface area contributed by atoms with E-state index in [-0.39, 0.29) is 27.7 Å². The summed E-state index contributed by atoms with van der Waals surface area (Å²) in [7, 11) is 0.00488. The van der Waals surface area contributed by atoms with Gasteiger partial charge in [-0.15, -0.1) is 0 Å². The Labute approximate surface area is 177 Å². The predicted octanol–water partition coefficient (Wildman–Crippen LogP) is 3.53. The number of nitrogens with one attached hydrogen (secondary N) is 2. The summed E-state index contributed by atoms with van der Waals surface area (Å²) < 4.78 is 26.4. The van der Waals surface area contributed by atoms with E-state index in [1.165, 1.54) is 12.1 Å². The summed E-state index contributed by atoms with van der Waals surface area (Å²) in [5.74, 6) is -0.514. The first kappa shape index (κ1) is 21.9. The number of allylic oxidation sites excluding steroid dienone is 1. The third-order valence-corrected chi connectivity index (χ3v) is 8.63. The Bertz CT molecular complexity index is 930. The van der Waals surface area contributed by atoms with E-state index in [0.29, 0.717) is 12.8 Å². The summed E-state index contributed by atoms with van der Waals surface area (Å²) in [6.07, 6.45) is 5.55. The molecule has 2 unspecified atom stereocenters. The highest BCUT2D eigenvalue weighted by Gasteiger charge is 2.39. The summed E-state index contributed by atoms with van der Waals surface area (Å²) in [5, 5.41) is 15.4. The van der Waals surface area contributed by atoms with Crippen molar-refractivity contribution in [3.05, 3.63) is 28.8 Å². The number of amides is 2. The van der Waals surface area contributed by atoms with Crippen LogP contribution in [0.4, 0.5) is 10.5 Å². The van der Waals surface area contributed by atoms with Gasteiger partial charge in [0.25, 0.3) is 0 Å². The monoisotopic (exact) mass is 441 g/mol. The second-order valence-electron chi connectivity index (χ2n) is 8.05. The van der Waals surface area contributed by atoms with Gasteiger partial charge in [-0.3, -0.25) is 0 Å². The first-order chi connectivity index (χ1) is 13.6. The fourth-order valence-corrected chi connectivity index (χ4v) is 6.55. The highest BCUT2D eigenvalue weighted by molar-refractivity contribution is 7.92. The molecule has 7 nitrogen and oxygen atoms in total. The van der Waals surface area contributed by atoms with Crippen molar-refractivity contribution < 1.29 is 18.3 Å². The van der Waals surface area contributed by atoms with Gasteiger partial charge in [0.05, 0.1) is 22.0 Å². The number of halogens is 1. The number of carbonyl (C=O) groups is 1. The van der Waals surface area contributed by atoms with E-state index in [9.17, 15) is 18.3 Å². The predicted molar refractivity (Wildman–Crippen MR) is 114 cm³/mol. The number of sulfone groups is 1. The van der Waals surface area contributed by atoms with E-state index in [4.69, 9.17) is 11.6 Å². The molecule has 1 fully saturated rings. The standard InChI is InChI=1S/C20H28ClN3O4S/c1-12-5-4-6-16(12)22-20(26)23-17-10-9-15(21)19(18(17)25)29(27,28)14-8-7-13(11-14)24(2)3/h5,9-10,13-14,16,25H,4,6-8,11H2,1-3H3,(H2,22,23,26)/t13?,14?,16-/m1/s1. The van der Waals surface area contributed by atoms with Crippen LogP contribution in [-0.4, -0.2) is 55.9 Å². The van der Waals surface area contributed by atoms with Crippen LogP contribution in [0.15, 0.2) is 28.7 Å². The topological polar surface area (TPSA) is 98.7 Å². The second-order valence-corrected chi connectivity index (χ2v) is 10.6. The summed E-state index contributed by atoms with van der Waals surface area (Å²) >= 11 is 6.17. The normalized spacial score (nSPS) is 24.6. The maximum atomic E-state index is 13.2. The van der Waals surface area contributed by atoms with Crippen LogP contribution in [0.25, 0.3) is 0 Å². The molecule has 3 rings (SSSR count). The lowest BCUT2D eigenvalue weighted by atomic mass is 10.2. The maximum absolute atomic E-state index is 13.2. The van der Waals surface area contributed by atoms with Crippen LogP contribution in [0.5, 0.6) is 5.75 Å². The number of phenols is 1. The first-order valence-corrected chi connectivity index (χ1v) is 11.7. The van der Waals surface area contributed by atoms with Crippen LogP contribution < -0.4 is 10.6 Å². The lowest BCUT2D eigenvalue weighted by Gasteiger charge is -2.20. The third kappa shape index (κ3) is 4.54. The molecule has 0 radical (unpaired) electrons. The SMILES string of the molecule is CC1=CCC[C@H]1NC(=O)Nc1ccc(Cl)c(S(=O)(=O)C2CCC(N(C)C)C2)c1O. The van der Waals surface area contributed by atoms with Gasteiger partial charge in [-0.1, -0.05) is 23.3 Å². The number of hydrogen-bond donors (Lipinski definition) is 3. The van der Waals surface area contributed by atoms with Crippen LogP contribution in [-0.2, 0) is 9.84 Å². The van der Waals surface area contributed by atoms with Gasteiger partial charge in [0.15, 0.2) is 15.6 Å². The number of carbonyl (C=O) groups excluding carboxylic acids is 1. The number of phenolic OH excluding ortho intramolecular Hbond substituents is 1. The number of nitrogens with zero attached hydrogens (tertiary/aromatic N) is 1. The van der Waals surface area contributed by atoms with Crippen LogP contribution in [0.3, 0.4) is 0 Å². The molecule has 9 heteroatoms. The van der Waals surface area contributed by atoms with E-state index in [2.05, 4.69) is 16.7 Å². The Morgan fingerprint density at radius 1 is 1.24 bits per heavy atom. The molecule has 160 valence electrons. The lowest BCUT2D eigenvalue weighted by molar-refractivity contribution is 0.249. The van der Waals surface area contributed by atoms with Gasteiger partial charge in [-0.05, 0) is 65.3 Å². The van der Waals surface area contributed by atoms with Crippen molar-refractivity contribution in [2.24, 2.45) is 0 Å².